The second-order valence-electron chi connectivity index (χ2n) is 12.6. The lowest BCUT2D eigenvalue weighted by Gasteiger charge is -2.18. The summed E-state index contributed by atoms with van der Waals surface area (Å²) in [5.74, 6) is -1.92. The van der Waals surface area contributed by atoms with E-state index in [0.29, 0.717) is 0 Å². The first-order chi connectivity index (χ1) is 28.9. The molecular weight excluding hydrogens is 909 g/mol. The monoisotopic (exact) mass is 950 g/mol. The van der Waals surface area contributed by atoms with E-state index in [9.17, 15) is 42.8 Å². The van der Waals surface area contributed by atoms with Crippen LogP contribution in [0.15, 0.2) is 46.2 Å². The molecule has 4 rings (SSSR count). The minimum atomic E-state index is -4.96. The van der Waals surface area contributed by atoms with Gasteiger partial charge in [0.1, 0.15) is 23.0 Å². The maximum atomic E-state index is 12.6. The van der Waals surface area contributed by atoms with E-state index in [0.717, 1.165) is 24.3 Å². The Morgan fingerprint density at radius 1 is 0.565 bits per heavy atom. The van der Waals surface area contributed by atoms with Gasteiger partial charge in [-0.3, -0.25) is 18.2 Å². The van der Waals surface area contributed by atoms with Crippen LogP contribution in [0.4, 0.5) is 35.2 Å². The van der Waals surface area contributed by atoms with Gasteiger partial charge in [-0.05, 0) is 35.4 Å². The van der Waals surface area contributed by atoms with Crippen LogP contribution in [0.2, 0.25) is 0 Å². The molecule has 2 aromatic heterocycles. The summed E-state index contributed by atoms with van der Waals surface area (Å²) < 4.78 is 155. The van der Waals surface area contributed by atoms with Crippen molar-refractivity contribution in [2.45, 2.75) is 9.79 Å². The summed E-state index contributed by atoms with van der Waals surface area (Å²) in [6, 6.07) is 6.79. The zero-order valence-corrected chi connectivity index (χ0v) is 36.4. The topological polar surface area (TPSA) is 362 Å². The summed E-state index contributed by atoms with van der Waals surface area (Å²) in [7, 11) is -12.9. The SMILES string of the molecule is COCCOc1nc(Nc2ccc(C=Cc3ccc(Nc4nc(OCCOC)nc(N(C)CCS(=O)(=O)O)n4)cc3S(=O)(=O)O)c(S(=O)(=O)O)c2)nc(N(C)CCS(=O)(=O)O)n1. The van der Waals surface area contributed by atoms with Gasteiger partial charge in [0.25, 0.3) is 40.5 Å². The number of hydrogen-bond donors (Lipinski definition) is 6. The summed E-state index contributed by atoms with van der Waals surface area (Å²) in [6.07, 6.45) is 2.31. The van der Waals surface area contributed by atoms with E-state index in [1.165, 1.54) is 62.4 Å². The Bertz CT molecular complexity index is 2510. The maximum absolute atomic E-state index is 12.6. The minimum absolute atomic E-state index is 0.00833. The predicted molar refractivity (Wildman–Crippen MR) is 222 cm³/mol. The van der Waals surface area contributed by atoms with Crippen molar-refractivity contribution < 1.29 is 70.8 Å². The highest BCUT2D eigenvalue weighted by atomic mass is 32.2. The van der Waals surface area contributed by atoms with Crippen LogP contribution in [-0.4, -0.2) is 161 Å². The molecule has 0 aliphatic heterocycles. The third kappa shape index (κ3) is 15.8. The van der Waals surface area contributed by atoms with Crippen molar-refractivity contribution in [3.05, 3.63) is 47.5 Å². The molecule has 0 aliphatic rings. The lowest BCUT2D eigenvalue weighted by Crippen LogP contribution is -2.27. The first-order valence-electron chi connectivity index (χ1n) is 17.5. The highest BCUT2D eigenvalue weighted by Crippen LogP contribution is 2.29. The molecule has 0 fully saturated rings. The number of ether oxygens (including phenoxy) is 4. The normalized spacial score (nSPS) is 12.3. The first-order valence-corrected chi connectivity index (χ1v) is 23.6. The third-order valence-corrected chi connectivity index (χ3v) is 11.0. The molecule has 26 nitrogen and oxygen atoms in total. The molecule has 4 aromatic rings. The maximum Gasteiger partial charge on any atom is 0.323 e. The first kappa shape index (κ1) is 49.2. The summed E-state index contributed by atoms with van der Waals surface area (Å²) >= 11 is 0. The molecule has 62 heavy (non-hydrogen) atoms. The van der Waals surface area contributed by atoms with Crippen LogP contribution >= 0.6 is 0 Å². The van der Waals surface area contributed by atoms with Crippen molar-refractivity contribution in [2.75, 3.05) is 99.8 Å². The second kappa shape index (κ2) is 21.1. The van der Waals surface area contributed by atoms with Crippen LogP contribution in [0.25, 0.3) is 12.2 Å². The van der Waals surface area contributed by atoms with Crippen LogP contribution in [0.1, 0.15) is 11.1 Å². The minimum Gasteiger partial charge on any atom is -0.461 e. The molecule has 0 unspecified atom stereocenters. The van der Waals surface area contributed by atoms with E-state index in [2.05, 4.69) is 40.5 Å². The van der Waals surface area contributed by atoms with Crippen molar-refractivity contribution in [1.29, 1.82) is 0 Å². The molecule has 0 amide bonds. The number of methoxy groups -OCH3 is 2. The molecule has 6 N–H and O–H groups in total. The molecule has 0 atom stereocenters. The molecule has 0 aliphatic carbocycles. The quantitative estimate of drug-likeness (QED) is 0.0323. The van der Waals surface area contributed by atoms with Crippen molar-refractivity contribution in [2.24, 2.45) is 0 Å². The molecule has 2 aromatic carbocycles. The van der Waals surface area contributed by atoms with Crippen molar-refractivity contribution >= 4 is 87.8 Å². The number of aromatic nitrogens is 6. The van der Waals surface area contributed by atoms with Crippen LogP contribution < -0.4 is 29.9 Å². The van der Waals surface area contributed by atoms with Gasteiger partial charge in [-0.1, -0.05) is 24.3 Å². The van der Waals surface area contributed by atoms with Crippen molar-refractivity contribution in [1.82, 2.24) is 29.9 Å². The number of nitrogens with zero attached hydrogens (tertiary/aromatic N) is 8. The zero-order valence-electron chi connectivity index (χ0n) is 33.2. The molecular formula is C32H42N10O16S4. The fourth-order valence-electron chi connectivity index (χ4n) is 4.80. The van der Waals surface area contributed by atoms with E-state index in [1.807, 2.05) is 0 Å². The second-order valence-corrected chi connectivity index (χ2v) is 18.5. The lowest BCUT2D eigenvalue weighted by atomic mass is 10.1. The Balaban J connectivity index is 1.66. The van der Waals surface area contributed by atoms with Gasteiger partial charge in [0.15, 0.2) is 0 Å². The van der Waals surface area contributed by atoms with Crippen LogP contribution in [0.5, 0.6) is 12.0 Å². The van der Waals surface area contributed by atoms with E-state index in [-0.39, 0.29) is 97.8 Å². The number of benzene rings is 2. The Kier molecular flexibility index (Phi) is 16.7. The molecule has 0 saturated heterocycles. The van der Waals surface area contributed by atoms with Gasteiger partial charge in [0.2, 0.25) is 23.8 Å². The molecule has 0 radical (unpaired) electrons. The largest absolute Gasteiger partial charge is 0.461 e. The smallest absolute Gasteiger partial charge is 0.323 e. The Morgan fingerprint density at radius 3 is 1.26 bits per heavy atom. The number of nitrogens with one attached hydrogen (secondary N) is 2. The average Bonchev–Trinajstić information content (AvgIpc) is 3.17. The van der Waals surface area contributed by atoms with E-state index >= 15 is 0 Å². The molecule has 30 heteroatoms. The fraction of sp³-hybridized carbons (Fsp3) is 0.375. The fourth-order valence-corrected chi connectivity index (χ4v) is 7.22. The van der Waals surface area contributed by atoms with Crippen LogP contribution in [0, 0.1) is 0 Å². The van der Waals surface area contributed by atoms with Gasteiger partial charge in [-0.25, -0.2) is 0 Å². The van der Waals surface area contributed by atoms with E-state index < -0.39 is 61.8 Å². The average molecular weight is 951 g/mol. The summed E-state index contributed by atoms with van der Waals surface area (Å²) in [5.41, 5.74) is -0.239. The molecule has 2 heterocycles. The standard InChI is InChI=1S/C32H42N10O16S4/c1-41(11-17-59(43,44)45)29-35-27(37-31(39-29)57-15-13-55-3)33-23-9-7-21(25(19-23)61(49,50)51)5-6-22-8-10-24(20-26(22)62(52,53)54)34-28-36-30(42(2)12-18-60(46,47)48)40-32(38-28)58-16-14-56-4/h5-10,19-20H,11-18H2,1-4H3,(H,43,44,45)(H,46,47,48)(H,49,50,51)(H,52,53,54)(H,33,35,37,39)(H,34,36,38,40). The van der Waals surface area contributed by atoms with Crippen LogP contribution in [-0.2, 0) is 49.9 Å². The number of rotatable bonds is 24. The molecule has 0 saturated carbocycles. The highest BCUT2D eigenvalue weighted by Gasteiger charge is 2.21. The predicted octanol–water partition coefficient (Wildman–Crippen LogP) is 0.906. The Labute approximate surface area is 356 Å². The molecule has 0 spiro atoms. The van der Waals surface area contributed by atoms with Gasteiger partial charge in [-0.15, -0.1) is 0 Å². The Hall–Kier alpha value is -5.44. The zero-order chi connectivity index (χ0) is 45.9. The van der Waals surface area contributed by atoms with E-state index in [1.54, 1.807) is 0 Å². The third-order valence-electron chi connectivity index (χ3n) is 7.83. The summed E-state index contributed by atoms with van der Waals surface area (Å²) in [5, 5.41) is 5.52. The van der Waals surface area contributed by atoms with Gasteiger partial charge in [-0.2, -0.15) is 63.6 Å². The molecule has 0 bridgehead atoms. The number of anilines is 6. The number of hydrogen-bond acceptors (Lipinski definition) is 22. The van der Waals surface area contributed by atoms with Gasteiger partial charge in [0.05, 0.1) is 24.7 Å². The van der Waals surface area contributed by atoms with E-state index in [4.69, 9.17) is 28.1 Å². The van der Waals surface area contributed by atoms with Crippen molar-refractivity contribution in [3.8, 4) is 12.0 Å². The lowest BCUT2D eigenvalue weighted by molar-refractivity contribution is 0.141. The van der Waals surface area contributed by atoms with Gasteiger partial charge in [0, 0.05) is 52.8 Å². The van der Waals surface area contributed by atoms with Gasteiger partial charge >= 0.3 is 12.0 Å². The van der Waals surface area contributed by atoms with Crippen molar-refractivity contribution in [3.63, 3.8) is 0 Å². The van der Waals surface area contributed by atoms with Crippen LogP contribution in [0.3, 0.4) is 0 Å². The molecule has 340 valence electrons. The Morgan fingerprint density at radius 2 is 0.935 bits per heavy atom. The summed E-state index contributed by atoms with van der Waals surface area (Å²) in [4.78, 5) is 26.1. The van der Waals surface area contributed by atoms with Gasteiger partial charge < -0.3 is 39.4 Å². The highest BCUT2D eigenvalue weighted by molar-refractivity contribution is 7.86. The summed E-state index contributed by atoms with van der Waals surface area (Å²) in [6.45, 7) is -0.151.